The standard InChI is InChI=1S/C16H15NOS/c1-13-7-9-15(10-8-13)19(18)16(11-12-17)14-5-3-2-4-6-14/h2-10,16H,11H2,1H3. The minimum atomic E-state index is -1.20. The molecule has 0 aromatic heterocycles. The maximum absolute atomic E-state index is 12.6. The minimum absolute atomic E-state index is 0.254. The fraction of sp³-hybridized carbons (Fsp3) is 0.188. The van der Waals surface area contributed by atoms with Crippen LogP contribution in [0.4, 0.5) is 0 Å². The van der Waals surface area contributed by atoms with E-state index < -0.39 is 10.8 Å². The average molecular weight is 269 g/mol. The van der Waals surface area contributed by atoms with Crippen molar-refractivity contribution in [1.29, 1.82) is 5.26 Å². The lowest BCUT2D eigenvalue weighted by atomic mass is 10.1. The third-order valence-electron chi connectivity index (χ3n) is 2.96. The quantitative estimate of drug-likeness (QED) is 0.848. The van der Waals surface area contributed by atoms with Crippen molar-refractivity contribution in [2.75, 3.05) is 0 Å². The second-order valence-electron chi connectivity index (χ2n) is 4.37. The molecule has 2 unspecified atom stereocenters. The van der Waals surface area contributed by atoms with Crippen LogP contribution in [0.25, 0.3) is 0 Å². The first-order valence-electron chi connectivity index (χ1n) is 6.11. The van der Waals surface area contributed by atoms with Gasteiger partial charge in [-0.25, -0.2) is 0 Å². The van der Waals surface area contributed by atoms with Gasteiger partial charge in [0.1, 0.15) is 0 Å². The molecule has 0 aliphatic carbocycles. The summed E-state index contributed by atoms with van der Waals surface area (Å²) in [5.41, 5.74) is 2.08. The van der Waals surface area contributed by atoms with Gasteiger partial charge in [-0.2, -0.15) is 5.26 Å². The molecule has 2 aromatic rings. The number of hydrogen-bond donors (Lipinski definition) is 0. The molecule has 3 heteroatoms. The van der Waals surface area contributed by atoms with E-state index in [1.54, 1.807) is 0 Å². The molecule has 0 saturated heterocycles. The van der Waals surface area contributed by atoms with E-state index in [9.17, 15) is 4.21 Å². The molecule has 0 spiro atoms. The predicted molar refractivity (Wildman–Crippen MR) is 77.0 cm³/mol. The molecule has 0 fully saturated rings. The fourth-order valence-corrected chi connectivity index (χ4v) is 3.27. The van der Waals surface area contributed by atoms with Crippen LogP contribution in [0, 0.1) is 18.3 Å². The number of nitriles is 1. The van der Waals surface area contributed by atoms with Crippen LogP contribution in [-0.2, 0) is 10.8 Å². The second kappa shape index (κ2) is 6.31. The van der Waals surface area contributed by atoms with Gasteiger partial charge in [-0.1, -0.05) is 48.0 Å². The van der Waals surface area contributed by atoms with Gasteiger partial charge in [0, 0.05) is 4.90 Å². The lowest BCUT2D eigenvalue weighted by molar-refractivity contribution is 0.672. The molecule has 0 aliphatic rings. The van der Waals surface area contributed by atoms with Crippen LogP contribution in [0.2, 0.25) is 0 Å². The Balaban J connectivity index is 2.32. The Labute approximate surface area is 116 Å². The fourth-order valence-electron chi connectivity index (χ4n) is 1.90. The smallest absolute Gasteiger partial charge is 0.0773 e. The van der Waals surface area contributed by atoms with Crippen molar-refractivity contribution in [3.05, 3.63) is 65.7 Å². The molecular formula is C16H15NOS. The zero-order chi connectivity index (χ0) is 13.7. The zero-order valence-electron chi connectivity index (χ0n) is 10.7. The maximum atomic E-state index is 12.6. The molecule has 0 aliphatic heterocycles. The summed E-state index contributed by atoms with van der Waals surface area (Å²) in [5, 5.41) is 8.68. The molecular weight excluding hydrogens is 254 g/mol. The van der Waals surface area contributed by atoms with Crippen LogP contribution in [0.1, 0.15) is 22.8 Å². The second-order valence-corrected chi connectivity index (χ2v) is 6.01. The molecule has 2 nitrogen and oxygen atoms in total. The summed E-state index contributed by atoms with van der Waals surface area (Å²) in [7, 11) is -1.20. The number of benzene rings is 2. The van der Waals surface area contributed by atoms with E-state index in [0.29, 0.717) is 0 Å². The summed E-state index contributed by atoms with van der Waals surface area (Å²) in [5.74, 6) is 0. The molecule has 0 heterocycles. The molecule has 0 N–H and O–H groups in total. The lowest BCUT2D eigenvalue weighted by Gasteiger charge is -2.14. The highest BCUT2D eigenvalue weighted by molar-refractivity contribution is 7.85. The molecule has 0 saturated carbocycles. The van der Waals surface area contributed by atoms with Crippen molar-refractivity contribution < 1.29 is 4.21 Å². The Bertz CT molecular complexity index is 599. The highest BCUT2D eigenvalue weighted by Crippen LogP contribution is 2.28. The Hall–Kier alpha value is -1.92. The van der Waals surface area contributed by atoms with Gasteiger partial charge in [0.2, 0.25) is 0 Å². The van der Waals surface area contributed by atoms with Gasteiger partial charge < -0.3 is 0 Å². The Kier molecular flexibility index (Phi) is 4.48. The van der Waals surface area contributed by atoms with Crippen LogP contribution >= 0.6 is 0 Å². The van der Waals surface area contributed by atoms with E-state index >= 15 is 0 Å². The van der Waals surface area contributed by atoms with Gasteiger partial charge in [-0.3, -0.25) is 4.21 Å². The first kappa shape index (κ1) is 13.5. The van der Waals surface area contributed by atoms with E-state index in [0.717, 1.165) is 16.0 Å². The summed E-state index contributed by atoms with van der Waals surface area (Å²) in [6.45, 7) is 2.00. The third kappa shape index (κ3) is 3.30. The van der Waals surface area contributed by atoms with E-state index in [1.165, 1.54) is 0 Å². The van der Waals surface area contributed by atoms with Gasteiger partial charge in [-0.05, 0) is 24.6 Å². The minimum Gasteiger partial charge on any atom is -0.254 e. The van der Waals surface area contributed by atoms with E-state index in [2.05, 4.69) is 6.07 Å². The topological polar surface area (TPSA) is 40.9 Å². The summed E-state index contributed by atoms with van der Waals surface area (Å²) >= 11 is 0. The van der Waals surface area contributed by atoms with Gasteiger partial charge in [-0.15, -0.1) is 0 Å². The zero-order valence-corrected chi connectivity index (χ0v) is 11.6. The number of hydrogen-bond acceptors (Lipinski definition) is 2. The van der Waals surface area contributed by atoms with Crippen LogP contribution < -0.4 is 0 Å². The highest BCUT2D eigenvalue weighted by Gasteiger charge is 2.20. The summed E-state index contributed by atoms with van der Waals surface area (Å²) in [6.07, 6.45) is 0.254. The first-order valence-corrected chi connectivity index (χ1v) is 7.33. The molecule has 0 bridgehead atoms. The van der Waals surface area contributed by atoms with Crippen molar-refractivity contribution in [1.82, 2.24) is 0 Å². The summed E-state index contributed by atoms with van der Waals surface area (Å²) in [4.78, 5) is 0.773. The molecule has 19 heavy (non-hydrogen) atoms. The van der Waals surface area contributed by atoms with Crippen LogP contribution in [0.5, 0.6) is 0 Å². The van der Waals surface area contributed by atoms with Crippen molar-refractivity contribution in [3.63, 3.8) is 0 Å². The Morgan fingerprint density at radius 3 is 2.32 bits per heavy atom. The monoisotopic (exact) mass is 269 g/mol. The Morgan fingerprint density at radius 1 is 1.11 bits per heavy atom. The Morgan fingerprint density at radius 2 is 1.74 bits per heavy atom. The van der Waals surface area contributed by atoms with Crippen molar-refractivity contribution in [3.8, 4) is 6.07 Å². The van der Waals surface area contributed by atoms with Gasteiger partial charge in [0.15, 0.2) is 0 Å². The van der Waals surface area contributed by atoms with Crippen molar-refractivity contribution in [2.24, 2.45) is 0 Å². The first-order chi connectivity index (χ1) is 9.22. The van der Waals surface area contributed by atoms with E-state index in [1.807, 2.05) is 61.5 Å². The van der Waals surface area contributed by atoms with Crippen LogP contribution in [0.3, 0.4) is 0 Å². The predicted octanol–water partition coefficient (Wildman–Crippen LogP) is 3.76. The number of aryl methyl sites for hydroxylation is 1. The summed E-state index contributed by atoms with van der Waals surface area (Å²) < 4.78 is 12.6. The lowest BCUT2D eigenvalue weighted by Crippen LogP contribution is -2.06. The molecule has 2 atom stereocenters. The van der Waals surface area contributed by atoms with Gasteiger partial charge >= 0.3 is 0 Å². The van der Waals surface area contributed by atoms with E-state index in [4.69, 9.17) is 5.26 Å². The van der Waals surface area contributed by atoms with Gasteiger partial charge in [0.05, 0.1) is 28.5 Å². The number of nitrogens with zero attached hydrogens (tertiary/aromatic N) is 1. The largest absolute Gasteiger partial charge is 0.254 e. The molecule has 2 aromatic carbocycles. The van der Waals surface area contributed by atoms with Crippen molar-refractivity contribution >= 4 is 10.8 Å². The number of rotatable bonds is 4. The van der Waals surface area contributed by atoms with Crippen LogP contribution in [0.15, 0.2) is 59.5 Å². The molecule has 0 amide bonds. The summed E-state index contributed by atoms with van der Waals surface area (Å²) in [6, 6.07) is 19.4. The third-order valence-corrected chi connectivity index (χ3v) is 4.65. The van der Waals surface area contributed by atoms with E-state index in [-0.39, 0.29) is 11.7 Å². The SMILES string of the molecule is Cc1ccc(S(=O)C(CC#N)c2ccccc2)cc1. The maximum Gasteiger partial charge on any atom is 0.0773 e. The normalized spacial score (nSPS) is 13.5. The highest BCUT2D eigenvalue weighted by atomic mass is 32.2. The molecule has 96 valence electrons. The van der Waals surface area contributed by atoms with Crippen LogP contribution in [-0.4, -0.2) is 4.21 Å². The average Bonchev–Trinajstić information content (AvgIpc) is 2.46. The molecule has 2 rings (SSSR count). The van der Waals surface area contributed by atoms with Crippen molar-refractivity contribution in [2.45, 2.75) is 23.5 Å². The molecule has 0 radical (unpaired) electrons. The van der Waals surface area contributed by atoms with Gasteiger partial charge in [0.25, 0.3) is 0 Å².